The molecule has 0 atom stereocenters. The SMILES string of the molecule is O=C1NC(=S)N(c2ccc(Oc3ccccc3)cc2)C(=O)C1=Cc1ccc(O)c(O)c1O. The first-order valence-electron chi connectivity index (χ1n) is 9.33. The van der Waals surface area contributed by atoms with Gasteiger partial charge in [-0.15, -0.1) is 0 Å². The van der Waals surface area contributed by atoms with E-state index in [9.17, 15) is 24.9 Å². The highest BCUT2D eigenvalue weighted by Gasteiger charge is 2.34. The first-order valence-corrected chi connectivity index (χ1v) is 9.74. The molecular formula is C23H16N2O6S. The predicted octanol–water partition coefficient (Wildman–Crippen LogP) is 3.43. The van der Waals surface area contributed by atoms with Gasteiger partial charge in [-0.25, -0.2) is 0 Å². The van der Waals surface area contributed by atoms with Crippen molar-refractivity contribution in [3.05, 3.63) is 77.9 Å². The molecule has 0 aliphatic carbocycles. The largest absolute Gasteiger partial charge is 0.504 e. The Labute approximate surface area is 187 Å². The number of ether oxygens (including phenoxy) is 1. The molecule has 1 fully saturated rings. The van der Waals surface area contributed by atoms with Gasteiger partial charge in [0, 0.05) is 5.56 Å². The molecule has 3 aromatic rings. The van der Waals surface area contributed by atoms with Crippen molar-refractivity contribution in [3.63, 3.8) is 0 Å². The van der Waals surface area contributed by atoms with E-state index < -0.39 is 29.1 Å². The van der Waals surface area contributed by atoms with Crippen molar-refractivity contribution in [1.29, 1.82) is 0 Å². The lowest BCUT2D eigenvalue weighted by Crippen LogP contribution is -2.54. The second-order valence-electron chi connectivity index (χ2n) is 6.74. The highest BCUT2D eigenvalue weighted by molar-refractivity contribution is 7.80. The predicted molar refractivity (Wildman–Crippen MR) is 121 cm³/mol. The molecule has 1 aliphatic heterocycles. The number of amides is 2. The summed E-state index contributed by atoms with van der Waals surface area (Å²) >= 11 is 5.17. The molecule has 3 aromatic carbocycles. The van der Waals surface area contributed by atoms with Gasteiger partial charge in [0.05, 0.1) is 5.69 Å². The van der Waals surface area contributed by atoms with Crippen LogP contribution in [0.2, 0.25) is 0 Å². The number of para-hydroxylation sites is 1. The maximum absolute atomic E-state index is 13.1. The van der Waals surface area contributed by atoms with E-state index in [0.29, 0.717) is 17.2 Å². The zero-order valence-electron chi connectivity index (χ0n) is 16.4. The summed E-state index contributed by atoms with van der Waals surface area (Å²) in [5, 5.41) is 31.5. The zero-order valence-corrected chi connectivity index (χ0v) is 17.2. The van der Waals surface area contributed by atoms with Crippen molar-refractivity contribution in [2.45, 2.75) is 0 Å². The molecule has 4 N–H and O–H groups in total. The maximum atomic E-state index is 13.1. The number of nitrogens with one attached hydrogen (secondary N) is 1. The minimum Gasteiger partial charge on any atom is -0.504 e. The van der Waals surface area contributed by atoms with Crippen molar-refractivity contribution < 1.29 is 29.6 Å². The number of thiocarbonyl (C=S) groups is 1. The number of phenols is 3. The van der Waals surface area contributed by atoms with E-state index in [0.717, 1.165) is 17.0 Å². The summed E-state index contributed by atoms with van der Waals surface area (Å²) in [5.41, 5.74) is 0.0471. The summed E-state index contributed by atoms with van der Waals surface area (Å²) in [6.07, 6.45) is 1.10. The fourth-order valence-corrected chi connectivity index (χ4v) is 3.32. The third kappa shape index (κ3) is 3.96. The number of nitrogens with zero attached hydrogens (tertiary/aromatic N) is 1. The second-order valence-corrected chi connectivity index (χ2v) is 7.12. The van der Waals surface area contributed by atoms with Gasteiger partial charge in [-0.2, -0.15) is 0 Å². The van der Waals surface area contributed by atoms with Gasteiger partial charge in [-0.1, -0.05) is 18.2 Å². The average Bonchev–Trinajstić information content (AvgIpc) is 2.78. The molecule has 1 heterocycles. The number of aromatic hydroxyl groups is 3. The third-order valence-corrected chi connectivity index (χ3v) is 4.92. The fraction of sp³-hybridized carbons (Fsp3) is 0. The van der Waals surface area contributed by atoms with Gasteiger partial charge in [0.15, 0.2) is 16.6 Å². The van der Waals surface area contributed by atoms with Crippen molar-refractivity contribution in [2.24, 2.45) is 0 Å². The average molecular weight is 448 g/mol. The van der Waals surface area contributed by atoms with Crippen molar-refractivity contribution in [2.75, 3.05) is 4.90 Å². The van der Waals surface area contributed by atoms with Crippen LogP contribution in [0.5, 0.6) is 28.7 Å². The monoisotopic (exact) mass is 448 g/mol. The molecule has 32 heavy (non-hydrogen) atoms. The van der Waals surface area contributed by atoms with E-state index in [1.807, 2.05) is 18.2 Å². The lowest BCUT2D eigenvalue weighted by molar-refractivity contribution is -0.122. The van der Waals surface area contributed by atoms with Crippen molar-refractivity contribution in [3.8, 4) is 28.7 Å². The first-order chi connectivity index (χ1) is 15.3. The van der Waals surface area contributed by atoms with Gasteiger partial charge in [-0.3, -0.25) is 19.8 Å². The highest BCUT2D eigenvalue weighted by Crippen LogP contribution is 2.38. The molecule has 1 aliphatic rings. The molecule has 2 amide bonds. The lowest BCUT2D eigenvalue weighted by Gasteiger charge is -2.29. The molecule has 0 radical (unpaired) electrons. The Hall–Kier alpha value is -4.37. The zero-order chi connectivity index (χ0) is 22.8. The van der Waals surface area contributed by atoms with Crippen molar-refractivity contribution >= 4 is 40.9 Å². The van der Waals surface area contributed by atoms with E-state index in [-0.39, 0.29) is 16.2 Å². The Morgan fingerprint density at radius 3 is 2.19 bits per heavy atom. The minimum absolute atomic E-state index is 0.0295. The molecule has 0 bridgehead atoms. The standard InChI is InChI=1S/C23H16N2O6S/c26-18-11-6-13(19(27)20(18)28)12-17-21(29)24-23(32)25(22(17)30)14-7-9-16(10-8-14)31-15-4-2-1-3-5-15/h1-12,26-28H,(H,24,29,32). The number of hydrogen-bond acceptors (Lipinski definition) is 7. The number of phenolic OH excluding ortho intramolecular Hbond substituents is 3. The van der Waals surface area contributed by atoms with Gasteiger partial charge in [0.1, 0.15) is 17.1 Å². The van der Waals surface area contributed by atoms with Gasteiger partial charge in [-0.05, 0) is 66.8 Å². The van der Waals surface area contributed by atoms with Crippen LogP contribution in [0.15, 0.2) is 72.3 Å². The number of benzene rings is 3. The Morgan fingerprint density at radius 2 is 1.50 bits per heavy atom. The van der Waals surface area contributed by atoms with Crippen LogP contribution in [0.4, 0.5) is 5.69 Å². The summed E-state index contributed by atoms with van der Waals surface area (Å²) in [4.78, 5) is 26.6. The molecule has 160 valence electrons. The van der Waals surface area contributed by atoms with E-state index in [1.165, 1.54) is 6.07 Å². The van der Waals surface area contributed by atoms with Gasteiger partial charge < -0.3 is 20.1 Å². The molecule has 0 spiro atoms. The van der Waals surface area contributed by atoms with Gasteiger partial charge in [0.25, 0.3) is 11.8 Å². The Balaban J connectivity index is 1.63. The number of carbonyl (C=O) groups is 2. The van der Waals surface area contributed by atoms with Crippen LogP contribution in [-0.2, 0) is 9.59 Å². The van der Waals surface area contributed by atoms with E-state index in [4.69, 9.17) is 17.0 Å². The quantitative estimate of drug-likeness (QED) is 0.209. The van der Waals surface area contributed by atoms with Crippen LogP contribution >= 0.6 is 12.2 Å². The van der Waals surface area contributed by atoms with E-state index in [1.54, 1.807) is 36.4 Å². The smallest absolute Gasteiger partial charge is 0.270 e. The Morgan fingerprint density at radius 1 is 0.844 bits per heavy atom. The molecule has 4 rings (SSSR count). The Bertz CT molecular complexity index is 1260. The molecule has 1 saturated heterocycles. The summed E-state index contributed by atoms with van der Waals surface area (Å²) in [7, 11) is 0. The van der Waals surface area contributed by atoms with Crippen LogP contribution in [0, 0.1) is 0 Å². The Kier molecular flexibility index (Phi) is 5.48. The van der Waals surface area contributed by atoms with Crippen LogP contribution in [0.1, 0.15) is 5.56 Å². The number of carbonyl (C=O) groups excluding carboxylic acids is 2. The second kappa shape index (κ2) is 8.40. The molecule has 0 unspecified atom stereocenters. The number of anilines is 1. The van der Waals surface area contributed by atoms with E-state index >= 15 is 0 Å². The molecular weight excluding hydrogens is 432 g/mol. The first kappa shape index (κ1) is 20.9. The summed E-state index contributed by atoms with van der Waals surface area (Å²) in [5.74, 6) is -2.25. The minimum atomic E-state index is -0.760. The molecule has 9 heteroatoms. The van der Waals surface area contributed by atoms with Crippen LogP contribution < -0.4 is 15.0 Å². The molecule has 8 nitrogen and oxygen atoms in total. The fourth-order valence-electron chi connectivity index (χ4n) is 3.04. The summed E-state index contributed by atoms with van der Waals surface area (Å²) in [6, 6.07) is 18.1. The molecule has 0 saturated carbocycles. The van der Waals surface area contributed by atoms with Crippen molar-refractivity contribution in [1.82, 2.24) is 5.32 Å². The van der Waals surface area contributed by atoms with Crippen LogP contribution in [0.25, 0.3) is 6.08 Å². The van der Waals surface area contributed by atoms with Gasteiger partial charge in [0.2, 0.25) is 5.75 Å². The van der Waals surface area contributed by atoms with Crippen LogP contribution in [-0.4, -0.2) is 32.2 Å². The maximum Gasteiger partial charge on any atom is 0.270 e. The van der Waals surface area contributed by atoms with E-state index in [2.05, 4.69) is 5.32 Å². The summed E-state index contributed by atoms with van der Waals surface area (Å²) < 4.78 is 5.74. The number of hydrogen-bond donors (Lipinski definition) is 4. The highest BCUT2D eigenvalue weighted by atomic mass is 32.1. The third-order valence-electron chi connectivity index (χ3n) is 4.64. The van der Waals surface area contributed by atoms with Crippen LogP contribution in [0.3, 0.4) is 0 Å². The molecule has 0 aromatic heterocycles. The number of rotatable bonds is 4. The lowest BCUT2D eigenvalue weighted by atomic mass is 10.1. The summed E-state index contributed by atoms with van der Waals surface area (Å²) in [6.45, 7) is 0. The van der Waals surface area contributed by atoms with Gasteiger partial charge >= 0.3 is 0 Å². The normalized spacial score (nSPS) is 15.1. The topological polar surface area (TPSA) is 119 Å².